The number of amides is 4. The normalized spacial score (nSPS) is 24.1. The van der Waals surface area contributed by atoms with E-state index in [2.05, 4.69) is 16.0 Å². The fourth-order valence-electron chi connectivity index (χ4n) is 4.89. The van der Waals surface area contributed by atoms with Crippen LogP contribution in [0.25, 0.3) is 0 Å². The lowest BCUT2D eigenvalue weighted by Crippen LogP contribution is -2.58. The van der Waals surface area contributed by atoms with Crippen LogP contribution in [0.1, 0.15) is 69.8 Å². The molecule has 0 bridgehead atoms. The van der Waals surface area contributed by atoms with Crippen molar-refractivity contribution in [2.45, 2.75) is 91.5 Å². The molecule has 1 unspecified atom stereocenters. The minimum atomic E-state index is -1.04. The third-order valence-electron chi connectivity index (χ3n) is 6.85. The van der Waals surface area contributed by atoms with Crippen LogP contribution in [-0.4, -0.2) is 77.5 Å². The molecule has 11 nitrogen and oxygen atoms in total. The Balaban J connectivity index is 1.77. The molecule has 2 aliphatic rings. The van der Waals surface area contributed by atoms with Gasteiger partial charge in [0.1, 0.15) is 12.1 Å². The number of nitrogens with zero attached hydrogens (tertiary/aromatic N) is 1. The van der Waals surface area contributed by atoms with Gasteiger partial charge in [0.25, 0.3) is 5.91 Å². The van der Waals surface area contributed by atoms with Gasteiger partial charge in [-0.15, -0.1) is 0 Å². The van der Waals surface area contributed by atoms with Crippen LogP contribution in [0.2, 0.25) is 0 Å². The minimum absolute atomic E-state index is 0.189. The van der Waals surface area contributed by atoms with Crippen LogP contribution in [0.4, 0.5) is 5.69 Å². The average molecular weight is 533 g/mol. The van der Waals surface area contributed by atoms with E-state index in [4.69, 9.17) is 9.47 Å². The summed E-state index contributed by atoms with van der Waals surface area (Å²) in [5.74, 6) is -1.39. The molecule has 210 valence electrons. The first-order valence-corrected chi connectivity index (χ1v) is 13.1. The Hall–Kier alpha value is -3.02. The highest BCUT2D eigenvalue weighted by molar-refractivity contribution is 6.01. The first-order chi connectivity index (χ1) is 17.8. The number of benzene rings is 1. The van der Waals surface area contributed by atoms with Crippen molar-refractivity contribution >= 4 is 29.3 Å². The monoisotopic (exact) mass is 532 g/mol. The fraction of sp³-hybridized carbons (Fsp3) is 0.630. The van der Waals surface area contributed by atoms with Crippen molar-refractivity contribution in [3.8, 4) is 0 Å². The first-order valence-electron chi connectivity index (χ1n) is 13.1. The Morgan fingerprint density at radius 3 is 2.58 bits per heavy atom. The van der Waals surface area contributed by atoms with Crippen LogP contribution in [-0.2, 0) is 23.9 Å². The van der Waals surface area contributed by atoms with E-state index in [0.29, 0.717) is 42.8 Å². The van der Waals surface area contributed by atoms with Crippen molar-refractivity contribution in [1.82, 2.24) is 15.5 Å². The lowest BCUT2D eigenvalue weighted by atomic mass is 9.85. The number of hydrogen-bond acceptors (Lipinski definition) is 7. The summed E-state index contributed by atoms with van der Waals surface area (Å²) in [6.07, 6.45) is -0.482. The van der Waals surface area contributed by atoms with Crippen molar-refractivity contribution in [2.75, 3.05) is 18.5 Å². The maximum absolute atomic E-state index is 13.8. The molecule has 0 radical (unpaired) electrons. The average Bonchev–Trinajstić information content (AvgIpc) is 3.44. The summed E-state index contributed by atoms with van der Waals surface area (Å²) < 4.78 is 10.8. The molecule has 1 aromatic rings. The van der Waals surface area contributed by atoms with Gasteiger partial charge in [0, 0.05) is 37.7 Å². The lowest BCUT2D eigenvalue weighted by Gasteiger charge is -2.36. The second-order valence-electron chi connectivity index (χ2n) is 10.9. The zero-order valence-electron chi connectivity index (χ0n) is 23.0. The summed E-state index contributed by atoms with van der Waals surface area (Å²) in [6, 6.07) is 2.86. The molecule has 2 heterocycles. The summed E-state index contributed by atoms with van der Waals surface area (Å²) in [5, 5.41) is 18.3. The minimum Gasteiger partial charge on any atom is -0.368 e. The van der Waals surface area contributed by atoms with Gasteiger partial charge >= 0.3 is 0 Å². The van der Waals surface area contributed by atoms with Crippen molar-refractivity contribution in [3.63, 3.8) is 0 Å². The number of nitrogens with one attached hydrogen (secondary N) is 3. The Bertz CT molecular complexity index is 1050. The predicted octanol–water partition coefficient (Wildman–Crippen LogP) is 1.68. The molecule has 0 saturated carbocycles. The number of hydrogen-bond donors (Lipinski definition) is 4. The summed E-state index contributed by atoms with van der Waals surface area (Å²) in [6.45, 7) is 11.2. The van der Waals surface area contributed by atoms with Gasteiger partial charge in [-0.05, 0) is 49.8 Å². The number of aliphatic hydroxyl groups is 1. The summed E-state index contributed by atoms with van der Waals surface area (Å²) in [5.41, 5.74) is 0.800. The summed E-state index contributed by atoms with van der Waals surface area (Å²) >= 11 is 0. The highest BCUT2D eigenvalue weighted by Gasteiger charge is 2.44. The van der Waals surface area contributed by atoms with Gasteiger partial charge in [-0.1, -0.05) is 26.8 Å². The second-order valence-corrected chi connectivity index (χ2v) is 10.9. The number of aliphatic hydroxyl groups excluding tert-OH is 1. The maximum atomic E-state index is 13.8. The number of likely N-dealkylation sites (tertiary alicyclic amines) is 1. The largest absolute Gasteiger partial charge is 0.368 e. The van der Waals surface area contributed by atoms with Gasteiger partial charge in [-0.2, -0.15) is 0 Å². The molecule has 1 aromatic carbocycles. The molecule has 2 fully saturated rings. The smallest absolute Gasteiger partial charge is 0.252 e. The third-order valence-corrected chi connectivity index (χ3v) is 6.85. The standard InChI is InChI=1S/C27H40N4O7/c1-7-37-26-19(14-21(33)38-26)29-24(35)20-12-9-13-31(20)25(36)22(27(4,5)6)30-23(34)17-10-8-11-18(15(17)2)28-16(3)32/h8,10-11,19-22,26,33H,7,9,12-14H2,1-6H3,(H,28,32)(H,29,35)(H,30,34)/t19-,20-,21?,22+,26+/m0/s1. The van der Waals surface area contributed by atoms with Crippen molar-refractivity contribution in [2.24, 2.45) is 5.41 Å². The fourth-order valence-corrected chi connectivity index (χ4v) is 4.89. The number of carbonyl (C=O) groups excluding carboxylic acids is 4. The van der Waals surface area contributed by atoms with Crippen LogP contribution in [0.15, 0.2) is 18.2 Å². The van der Waals surface area contributed by atoms with E-state index in [0.717, 1.165) is 0 Å². The van der Waals surface area contributed by atoms with Gasteiger partial charge in [0.15, 0.2) is 12.6 Å². The van der Waals surface area contributed by atoms with Gasteiger partial charge in [-0.3, -0.25) is 19.2 Å². The van der Waals surface area contributed by atoms with E-state index in [1.54, 1.807) is 32.0 Å². The molecule has 5 atom stereocenters. The van der Waals surface area contributed by atoms with E-state index in [-0.39, 0.29) is 24.1 Å². The molecule has 0 aromatic heterocycles. The topological polar surface area (TPSA) is 146 Å². The van der Waals surface area contributed by atoms with E-state index in [1.807, 2.05) is 20.8 Å². The summed E-state index contributed by atoms with van der Waals surface area (Å²) in [7, 11) is 0. The highest BCUT2D eigenvalue weighted by Crippen LogP contribution is 2.28. The molecule has 2 saturated heterocycles. The zero-order valence-corrected chi connectivity index (χ0v) is 23.0. The van der Waals surface area contributed by atoms with E-state index in [1.165, 1.54) is 11.8 Å². The van der Waals surface area contributed by atoms with Crippen LogP contribution in [0.3, 0.4) is 0 Å². The predicted molar refractivity (Wildman–Crippen MR) is 140 cm³/mol. The number of ether oxygens (including phenoxy) is 2. The van der Waals surface area contributed by atoms with E-state index < -0.39 is 42.0 Å². The van der Waals surface area contributed by atoms with E-state index in [9.17, 15) is 24.3 Å². The van der Waals surface area contributed by atoms with Crippen molar-refractivity contribution in [3.05, 3.63) is 29.3 Å². The van der Waals surface area contributed by atoms with Gasteiger partial charge in [-0.25, -0.2) is 0 Å². The van der Waals surface area contributed by atoms with Gasteiger partial charge in [0.05, 0.1) is 6.04 Å². The Morgan fingerprint density at radius 1 is 1.24 bits per heavy atom. The van der Waals surface area contributed by atoms with Gasteiger partial charge in [0.2, 0.25) is 17.7 Å². The molecule has 4 amide bonds. The number of anilines is 1. The van der Waals surface area contributed by atoms with Crippen LogP contribution in [0.5, 0.6) is 0 Å². The molecule has 2 aliphatic heterocycles. The summed E-state index contributed by atoms with van der Waals surface area (Å²) in [4.78, 5) is 53.4. The molecule has 3 rings (SSSR count). The van der Waals surface area contributed by atoms with Crippen LogP contribution >= 0.6 is 0 Å². The quantitative estimate of drug-likeness (QED) is 0.398. The highest BCUT2D eigenvalue weighted by atomic mass is 16.7. The Morgan fingerprint density at radius 2 is 1.95 bits per heavy atom. The van der Waals surface area contributed by atoms with Crippen molar-refractivity contribution < 1.29 is 33.8 Å². The zero-order chi connectivity index (χ0) is 28.2. The number of carbonyl (C=O) groups is 4. The Labute approximate surface area is 223 Å². The molecule has 0 spiro atoms. The third kappa shape index (κ3) is 6.89. The number of rotatable bonds is 8. The Kier molecular flexibility index (Phi) is 9.50. The van der Waals surface area contributed by atoms with E-state index >= 15 is 0 Å². The SMILES string of the molecule is CCO[C@@H]1OC(O)C[C@@H]1NC(=O)[C@@H]1CCCN1C(=O)[C@@H](NC(=O)c1cccc(NC(C)=O)c1C)C(C)(C)C. The van der Waals surface area contributed by atoms with Crippen molar-refractivity contribution in [1.29, 1.82) is 0 Å². The lowest BCUT2D eigenvalue weighted by molar-refractivity contribution is -0.188. The molecule has 38 heavy (non-hydrogen) atoms. The van der Waals surface area contributed by atoms with Crippen LogP contribution in [0, 0.1) is 12.3 Å². The molecule has 0 aliphatic carbocycles. The first kappa shape index (κ1) is 29.5. The van der Waals surface area contributed by atoms with Crippen LogP contribution < -0.4 is 16.0 Å². The molecular formula is C27H40N4O7. The molecular weight excluding hydrogens is 492 g/mol. The van der Waals surface area contributed by atoms with Gasteiger partial charge < -0.3 is 35.4 Å². The second kappa shape index (κ2) is 12.2. The maximum Gasteiger partial charge on any atom is 0.252 e. The molecule has 11 heteroatoms. The molecule has 4 N–H and O–H groups in total.